The number of benzene rings is 1. The summed E-state index contributed by atoms with van der Waals surface area (Å²) in [6, 6.07) is 3.38. The van der Waals surface area contributed by atoms with Crippen LogP contribution in [0.25, 0.3) is 0 Å². The molecule has 0 aliphatic rings. The minimum Gasteiger partial charge on any atom is -0.480 e. The second-order valence-electron chi connectivity index (χ2n) is 4.10. The fraction of sp³-hybridized carbons (Fsp3) is 0.385. The van der Waals surface area contributed by atoms with Gasteiger partial charge in [0, 0.05) is 10.9 Å². The summed E-state index contributed by atoms with van der Waals surface area (Å²) in [6.07, 6.45) is 0.788. The van der Waals surface area contributed by atoms with E-state index < -0.39 is 12.0 Å². The Labute approximate surface area is 119 Å². The third kappa shape index (κ3) is 4.98. The van der Waals surface area contributed by atoms with Gasteiger partial charge in [-0.15, -0.1) is 0 Å². The molecule has 1 aromatic carbocycles. The van der Waals surface area contributed by atoms with Crippen LogP contribution in [0.1, 0.15) is 25.3 Å². The summed E-state index contributed by atoms with van der Waals surface area (Å²) < 4.78 is 13.8. The second kappa shape index (κ2) is 7.23. The number of carbonyl (C=O) groups excluding carboxylic acids is 1. The summed E-state index contributed by atoms with van der Waals surface area (Å²) in [5.41, 5.74) is 0.679. The van der Waals surface area contributed by atoms with Crippen LogP contribution in [-0.4, -0.2) is 23.0 Å². The maximum absolute atomic E-state index is 13.0. The molecule has 0 saturated carbocycles. The van der Waals surface area contributed by atoms with E-state index in [4.69, 9.17) is 5.11 Å². The molecule has 19 heavy (non-hydrogen) atoms. The number of carbonyl (C=O) groups is 2. The minimum atomic E-state index is -1.05. The van der Waals surface area contributed by atoms with Crippen molar-refractivity contribution in [2.24, 2.45) is 0 Å². The fourth-order valence-electron chi connectivity index (χ4n) is 1.59. The van der Waals surface area contributed by atoms with Crippen molar-refractivity contribution >= 4 is 27.8 Å². The molecule has 1 atom stereocenters. The monoisotopic (exact) mass is 331 g/mol. The average molecular weight is 332 g/mol. The van der Waals surface area contributed by atoms with Gasteiger partial charge >= 0.3 is 5.97 Å². The molecule has 4 nitrogen and oxygen atoms in total. The van der Waals surface area contributed by atoms with Crippen LogP contribution in [0.2, 0.25) is 0 Å². The number of rotatable bonds is 6. The lowest BCUT2D eigenvalue weighted by molar-refractivity contribution is -0.141. The molecule has 1 aromatic rings. The Morgan fingerprint density at radius 2 is 2.16 bits per heavy atom. The van der Waals surface area contributed by atoms with Crippen molar-refractivity contribution < 1.29 is 19.1 Å². The Hall–Kier alpha value is -1.43. The van der Waals surface area contributed by atoms with E-state index in [1.807, 2.05) is 0 Å². The number of aryl methyl sites for hydroxylation is 1. The highest BCUT2D eigenvalue weighted by atomic mass is 79.9. The molecule has 1 rings (SSSR count). The van der Waals surface area contributed by atoms with E-state index in [2.05, 4.69) is 21.2 Å². The van der Waals surface area contributed by atoms with Crippen molar-refractivity contribution in [1.82, 2.24) is 5.32 Å². The van der Waals surface area contributed by atoms with Gasteiger partial charge < -0.3 is 10.4 Å². The standard InChI is InChI=1S/C13H15BrFNO3/c1-2-11(13(18)19)16-12(17)6-3-8-7-9(15)4-5-10(8)14/h4-5,7,11H,2-3,6H2,1H3,(H,16,17)(H,18,19). The largest absolute Gasteiger partial charge is 0.480 e. The third-order valence-electron chi connectivity index (χ3n) is 2.67. The molecule has 0 aromatic heterocycles. The van der Waals surface area contributed by atoms with Crippen LogP contribution in [0.4, 0.5) is 4.39 Å². The van der Waals surface area contributed by atoms with Crippen LogP contribution in [-0.2, 0) is 16.0 Å². The van der Waals surface area contributed by atoms with Gasteiger partial charge in [0.2, 0.25) is 5.91 Å². The molecular weight excluding hydrogens is 317 g/mol. The van der Waals surface area contributed by atoms with Gasteiger partial charge in [-0.3, -0.25) is 4.79 Å². The smallest absolute Gasteiger partial charge is 0.326 e. The van der Waals surface area contributed by atoms with Crippen LogP contribution in [0, 0.1) is 5.82 Å². The Kier molecular flexibility index (Phi) is 5.95. The highest BCUT2D eigenvalue weighted by Gasteiger charge is 2.17. The molecule has 2 N–H and O–H groups in total. The van der Waals surface area contributed by atoms with Crippen LogP contribution >= 0.6 is 15.9 Å². The highest BCUT2D eigenvalue weighted by molar-refractivity contribution is 9.10. The quantitative estimate of drug-likeness (QED) is 0.841. The molecule has 0 aliphatic carbocycles. The molecule has 0 heterocycles. The molecule has 0 spiro atoms. The Bertz CT molecular complexity index is 479. The Morgan fingerprint density at radius 3 is 2.74 bits per heavy atom. The summed E-state index contributed by atoms with van der Waals surface area (Å²) in [6.45, 7) is 1.68. The molecular formula is C13H15BrFNO3. The van der Waals surface area contributed by atoms with Gasteiger partial charge in [-0.1, -0.05) is 22.9 Å². The number of aliphatic carboxylic acids is 1. The van der Waals surface area contributed by atoms with E-state index in [0.29, 0.717) is 18.4 Å². The van der Waals surface area contributed by atoms with Gasteiger partial charge in [0.25, 0.3) is 0 Å². The predicted octanol–water partition coefficient (Wildman–Crippen LogP) is 2.50. The summed E-state index contributed by atoms with van der Waals surface area (Å²) >= 11 is 3.28. The first-order valence-corrected chi connectivity index (χ1v) is 6.69. The molecule has 1 amide bonds. The van der Waals surface area contributed by atoms with Crippen LogP contribution in [0.15, 0.2) is 22.7 Å². The minimum absolute atomic E-state index is 0.117. The average Bonchev–Trinajstić information content (AvgIpc) is 2.36. The second-order valence-corrected chi connectivity index (χ2v) is 4.96. The molecule has 104 valence electrons. The van der Waals surface area contributed by atoms with E-state index in [1.54, 1.807) is 13.0 Å². The number of hydrogen-bond acceptors (Lipinski definition) is 2. The fourth-order valence-corrected chi connectivity index (χ4v) is 2.03. The number of carboxylic acids is 1. The Balaban J connectivity index is 2.54. The van der Waals surface area contributed by atoms with E-state index in [1.165, 1.54) is 12.1 Å². The maximum atomic E-state index is 13.0. The van der Waals surface area contributed by atoms with Crippen molar-refractivity contribution in [3.05, 3.63) is 34.1 Å². The Morgan fingerprint density at radius 1 is 1.47 bits per heavy atom. The summed E-state index contributed by atoms with van der Waals surface area (Å²) in [5, 5.41) is 11.2. The number of halogens is 2. The lowest BCUT2D eigenvalue weighted by Gasteiger charge is -2.12. The molecule has 0 fully saturated rings. The van der Waals surface area contributed by atoms with Gasteiger partial charge in [0.05, 0.1) is 0 Å². The zero-order valence-electron chi connectivity index (χ0n) is 10.5. The zero-order valence-corrected chi connectivity index (χ0v) is 12.0. The van der Waals surface area contributed by atoms with E-state index in [-0.39, 0.29) is 18.1 Å². The number of carboxylic acid groups (broad SMARTS) is 1. The first kappa shape index (κ1) is 15.6. The molecule has 0 radical (unpaired) electrons. The topological polar surface area (TPSA) is 66.4 Å². The van der Waals surface area contributed by atoms with Crippen LogP contribution < -0.4 is 5.32 Å². The highest BCUT2D eigenvalue weighted by Crippen LogP contribution is 2.19. The predicted molar refractivity (Wildman–Crippen MR) is 72.3 cm³/mol. The van der Waals surface area contributed by atoms with Crippen molar-refractivity contribution in [2.45, 2.75) is 32.2 Å². The molecule has 1 unspecified atom stereocenters. The first-order valence-electron chi connectivity index (χ1n) is 5.90. The van der Waals surface area contributed by atoms with Crippen molar-refractivity contribution in [1.29, 1.82) is 0 Å². The van der Waals surface area contributed by atoms with Crippen molar-refractivity contribution in [3.63, 3.8) is 0 Å². The van der Waals surface area contributed by atoms with Crippen LogP contribution in [0.3, 0.4) is 0 Å². The van der Waals surface area contributed by atoms with E-state index >= 15 is 0 Å². The normalized spacial score (nSPS) is 11.9. The summed E-state index contributed by atoms with van der Waals surface area (Å²) in [4.78, 5) is 22.4. The van der Waals surface area contributed by atoms with Crippen molar-refractivity contribution in [3.8, 4) is 0 Å². The lowest BCUT2D eigenvalue weighted by Crippen LogP contribution is -2.40. The molecule has 0 bridgehead atoms. The van der Waals surface area contributed by atoms with Gasteiger partial charge in [-0.25, -0.2) is 9.18 Å². The number of amides is 1. The van der Waals surface area contributed by atoms with E-state index in [0.717, 1.165) is 4.47 Å². The summed E-state index contributed by atoms with van der Waals surface area (Å²) in [5.74, 6) is -1.77. The summed E-state index contributed by atoms with van der Waals surface area (Å²) in [7, 11) is 0. The maximum Gasteiger partial charge on any atom is 0.326 e. The van der Waals surface area contributed by atoms with Gasteiger partial charge in [-0.2, -0.15) is 0 Å². The number of hydrogen-bond donors (Lipinski definition) is 2. The lowest BCUT2D eigenvalue weighted by atomic mass is 10.1. The first-order chi connectivity index (χ1) is 8.93. The molecule has 0 saturated heterocycles. The van der Waals surface area contributed by atoms with Crippen molar-refractivity contribution in [2.75, 3.05) is 0 Å². The molecule has 0 aliphatic heterocycles. The zero-order chi connectivity index (χ0) is 14.4. The van der Waals surface area contributed by atoms with Crippen LogP contribution in [0.5, 0.6) is 0 Å². The number of nitrogens with one attached hydrogen (secondary N) is 1. The SMILES string of the molecule is CCC(NC(=O)CCc1cc(F)ccc1Br)C(=O)O. The third-order valence-corrected chi connectivity index (χ3v) is 3.44. The molecule has 6 heteroatoms. The van der Waals surface area contributed by atoms with Gasteiger partial charge in [0.15, 0.2) is 0 Å². The van der Waals surface area contributed by atoms with E-state index in [9.17, 15) is 14.0 Å². The van der Waals surface area contributed by atoms with Gasteiger partial charge in [-0.05, 0) is 36.6 Å². The van der Waals surface area contributed by atoms with Gasteiger partial charge in [0.1, 0.15) is 11.9 Å².